The minimum atomic E-state index is -0.378. The maximum atomic E-state index is 12.4. The highest BCUT2D eigenvalue weighted by molar-refractivity contribution is 6.31. The number of benzene rings is 1. The lowest BCUT2D eigenvalue weighted by atomic mass is 10.1. The summed E-state index contributed by atoms with van der Waals surface area (Å²) in [6.07, 6.45) is 6.04. The molecule has 0 fully saturated rings. The normalized spacial score (nSPS) is 10.5. The smallest absolute Gasteiger partial charge is 0.250 e. The molecule has 6 nitrogen and oxygen atoms in total. The van der Waals surface area contributed by atoms with Gasteiger partial charge in [-0.2, -0.15) is 5.10 Å². The van der Waals surface area contributed by atoms with Gasteiger partial charge in [0, 0.05) is 23.6 Å². The van der Waals surface area contributed by atoms with Crippen LogP contribution >= 0.6 is 11.6 Å². The standard InChI is InChI=1S/C14H9ClN4O2/c15-10-2-3-12(20)11(6-10)13(21)9-7-18-19(8-9)14-16-4-1-5-17-14/h1-8,20H. The van der Waals surface area contributed by atoms with Gasteiger partial charge in [0.2, 0.25) is 5.95 Å². The van der Waals surface area contributed by atoms with Gasteiger partial charge in [0.25, 0.3) is 0 Å². The summed E-state index contributed by atoms with van der Waals surface area (Å²) < 4.78 is 1.38. The van der Waals surface area contributed by atoms with Crippen LogP contribution in [0.1, 0.15) is 15.9 Å². The van der Waals surface area contributed by atoms with E-state index in [2.05, 4.69) is 15.1 Å². The van der Waals surface area contributed by atoms with Gasteiger partial charge in [-0.25, -0.2) is 14.6 Å². The molecule has 0 saturated heterocycles. The van der Waals surface area contributed by atoms with Gasteiger partial charge in [-0.05, 0) is 24.3 Å². The number of ketones is 1. The van der Waals surface area contributed by atoms with Gasteiger partial charge in [0.05, 0.1) is 17.3 Å². The highest BCUT2D eigenvalue weighted by Gasteiger charge is 2.16. The molecule has 0 aliphatic rings. The van der Waals surface area contributed by atoms with E-state index in [9.17, 15) is 9.90 Å². The number of aromatic nitrogens is 4. The highest BCUT2D eigenvalue weighted by atomic mass is 35.5. The second kappa shape index (κ2) is 5.34. The fourth-order valence-electron chi connectivity index (χ4n) is 1.80. The summed E-state index contributed by atoms with van der Waals surface area (Å²) in [6.45, 7) is 0. The lowest BCUT2D eigenvalue weighted by Crippen LogP contribution is -2.02. The van der Waals surface area contributed by atoms with Gasteiger partial charge in [-0.3, -0.25) is 4.79 Å². The molecule has 3 rings (SSSR count). The van der Waals surface area contributed by atoms with Crippen molar-refractivity contribution in [3.05, 3.63) is 65.2 Å². The number of rotatable bonds is 3. The molecule has 0 atom stereocenters. The van der Waals surface area contributed by atoms with Crippen LogP contribution < -0.4 is 0 Å². The number of carbonyl (C=O) groups is 1. The van der Waals surface area contributed by atoms with E-state index in [-0.39, 0.29) is 17.1 Å². The van der Waals surface area contributed by atoms with Crippen LogP contribution in [0, 0.1) is 0 Å². The van der Waals surface area contributed by atoms with E-state index >= 15 is 0 Å². The lowest BCUT2D eigenvalue weighted by Gasteiger charge is -2.02. The van der Waals surface area contributed by atoms with Crippen molar-refractivity contribution in [2.24, 2.45) is 0 Å². The molecule has 1 aromatic carbocycles. The molecule has 0 aliphatic carbocycles. The minimum Gasteiger partial charge on any atom is -0.507 e. The van der Waals surface area contributed by atoms with Crippen LogP contribution in [0.2, 0.25) is 5.02 Å². The summed E-state index contributed by atoms with van der Waals surface area (Å²) >= 11 is 5.85. The number of hydrogen-bond donors (Lipinski definition) is 1. The molecular weight excluding hydrogens is 292 g/mol. The predicted molar refractivity (Wildman–Crippen MR) is 75.7 cm³/mol. The molecule has 7 heteroatoms. The van der Waals surface area contributed by atoms with Crippen LogP contribution in [0.5, 0.6) is 5.75 Å². The average molecular weight is 301 g/mol. The number of carbonyl (C=O) groups excluding carboxylic acids is 1. The Morgan fingerprint density at radius 1 is 1.24 bits per heavy atom. The van der Waals surface area contributed by atoms with Crippen molar-refractivity contribution in [3.63, 3.8) is 0 Å². The van der Waals surface area contributed by atoms with Gasteiger partial charge in [0.1, 0.15) is 5.75 Å². The zero-order valence-electron chi connectivity index (χ0n) is 10.6. The Kier molecular flexibility index (Phi) is 3.37. The second-order valence-electron chi connectivity index (χ2n) is 4.21. The fraction of sp³-hybridized carbons (Fsp3) is 0. The number of phenols is 1. The summed E-state index contributed by atoms with van der Waals surface area (Å²) in [5, 5.41) is 14.2. The first-order valence-corrected chi connectivity index (χ1v) is 6.38. The quantitative estimate of drug-likeness (QED) is 0.750. The third-order valence-electron chi connectivity index (χ3n) is 2.81. The van der Waals surface area contributed by atoms with Crippen molar-refractivity contribution in [2.75, 3.05) is 0 Å². The largest absolute Gasteiger partial charge is 0.507 e. The van der Waals surface area contributed by atoms with Crippen LogP contribution in [0.25, 0.3) is 5.95 Å². The molecule has 0 unspecified atom stereocenters. The summed E-state index contributed by atoms with van der Waals surface area (Å²) in [5.74, 6) is -0.155. The fourth-order valence-corrected chi connectivity index (χ4v) is 1.98. The Bertz CT molecular complexity index is 802. The average Bonchev–Trinajstić information content (AvgIpc) is 3.00. The molecule has 1 N–H and O–H groups in total. The van der Waals surface area contributed by atoms with Crippen LogP contribution in [-0.4, -0.2) is 30.6 Å². The van der Waals surface area contributed by atoms with Crippen molar-refractivity contribution in [1.29, 1.82) is 0 Å². The van der Waals surface area contributed by atoms with E-state index in [0.29, 0.717) is 16.5 Å². The highest BCUT2D eigenvalue weighted by Crippen LogP contribution is 2.24. The van der Waals surface area contributed by atoms with E-state index < -0.39 is 0 Å². The van der Waals surface area contributed by atoms with Crippen molar-refractivity contribution >= 4 is 17.4 Å². The number of halogens is 1. The van der Waals surface area contributed by atoms with E-state index in [1.807, 2.05) is 0 Å². The molecule has 2 aromatic heterocycles. The first-order chi connectivity index (χ1) is 10.1. The number of hydrogen-bond acceptors (Lipinski definition) is 5. The predicted octanol–water partition coefficient (Wildman–Crippen LogP) is 2.25. The molecule has 0 saturated carbocycles. The van der Waals surface area contributed by atoms with E-state index in [1.165, 1.54) is 35.3 Å². The van der Waals surface area contributed by atoms with E-state index in [0.717, 1.165) is 0 Å². The Balaban J connectivity index is 1.96. The van der Waals surface area contributed by atoms with Gasteiger partial charge < -0.3 is 5.11 Å². The topological polar surface area (TPSA) is 80.9 Å². The number of nitrogens with zero attached hydrogens (tertiary/aromatic N) is 4. The van der Waals surface area contributed by atoms with Crippen molar-refractivity contribution < 1.29 is 9.90 Å². The SMILES string of the molecule is O=C(c1cnn(-c2ncccn2)c1)c1cc(Cl)ccc1O. The zero-order valence-corrected chi connectivity index (χ0v) is 11.4. The number of aromatic hydroxyl groups is 1. The molecule has 0 spiro atoms. The summed E-state index contributed by atoms with van der Waals surface area (Å²) in [5.41, 5.74) is 0.427. The van der Waals surface area contributed by atoms with Gasteiger partial charge in [0.15, 0.2) is 5.78 Å². The zero-order chi connectivity index (χ0) is 14.8. The Morgan fingerprint density at radius 3 is 2.76 bits per heavy atom. The van der Waals surface area contributed by atoms with Crippen molar-refractivity contribution in [3.8, 4) is 11.7 Å². The lowest BCUT2D eigenvalue weighted by molar-refractivity contribution is 0.103. The molecule has 0 amide bonds. The molecule has 0 aliphatic heterocycles. The Labute approximate surface area is 124 Å². The molecule has 104 valence electrons. The summed E-state index contributed by atoms with van der Waals surface area (Å²) in [4.78, 5) is 20.4. The van der Waals surface area contributed by atoms with Crippen molar-refractivity contribution in [1.82, 2.24) is 19.7 Å². The molecule has 0 radical (unpaired) electrons. The third kappa shape index (κ3) is 2.61. The Morgan fingerprint density at radius 2 is 2.00 bits per heavy atom. The first-order valence-electron chi connectivity index (χ1n) is 6.00. The van der Waals surface area contributed by atoms with Crippen LogP contribution in [0.4, 0.5) is 0 Å². The van der Waals surface area contributed by atoms with E-state index in [4.69, 9.17) is 11.6 Å². The van der Waals surface area contributed by atoms with Crippen LogP contribution in [0.15, 0.2) is 49.1 Å². The van der Waals surface area contributed by atoms with Gasteiger partial charge in [-0.1, -0.05) is 11.6 Å². The third-order valence-corrected chi connectivity index (χ3v) is 3.04. The Hall–Kier alpha value is -2.73. The maximum absolute atomic E-state index is 12.4. The first kappa shape index (κ1) is 13.3. The molecule has 0 bridgehead atoms. The monoisotopic (exact) mass is 300 g/mol. The summed E-state index contributed by atoms with van der Waals surface area (Å²) in [7, 11) is 0. The number of phenolic OH excluding ortho intramolecular Hbond substituents is 1. The van der Waals surface area contributed by atoms with Crippen LogP contribution in [-0.2, 0) is 0 Å². The molecule has 2 heterocycles. The molecule has 3 aromatic rings. The summed E-state index contributed by atoms with van der Waals surface area (Å²) in [6, 6.07) is 5.98. The van der Waals surface area contributed by atoms with Crippen molar-refractivity contribution in [2.45, 2.75) is 0 Å². The van der Waals surface area contributed by atoms with Gasteiger partial charge in [-0.15, -0.1) is 0 Å². The minimum absolute atomic E-state index is 0.121. The van der Waals surface area contributed by atoms with E-state index in [1.54, 1.807) is 18.5 Å². The molecule has 21 heavy (non-hydrogen) atoms. The van der Waals surface area contributed by atoms with Gasteiger partial charge >= 0.3 is 0 Å². The second-order valence-corrected chi connectivity index (χ2v) is 4.65. The van der Waals surface area contributed by atoms with Crippen LogP contribution in [0.3, 0.4) is 0 Å². The maximum Gasteiger partial charge on any atom is 0.250 e. The molecular formula is C14H9ClN4O2.